The molecule has 1 saturated heterocycles. The summed E-state index contributed by atoms with van der Waals surface area (Å²) in [6.45, 7) is 10.5. The smallest absolute Gasteiger partial charge is 0.159 e. The molecular weight excluding hydrogens is 166 g/mol. The molecule has 0 amide bonds. The van der Waals surface area contributed by atoms with Crippen LogP contribution in [0.2, 0.25) is 0 Å². The molecule has 0 saturated carbocycles. The molecule has 1 aliphatic heterocycles. The van der Waals surface area contributed by atoms with Gasteiger partial charge in [0, 0.05) is 12.5 Å². The summed E-state index contributed by atoms with van der Waals surface area (Å²) in [6.07, 6.45) is 0.823. The number of hydrogen-bond acceptors (Lipinski definition) is 3. The Morgan fingerprint density at radius 1 is 1.54 bits per heavy atom. The molecule has 0 bridgehead atoms. The highest BCUT2D eigenvalue weighted by atomic mass is 16.7. The van der Waals surface area contributed by atoms with Crippen molar-refractivity contribution in [2.24, 2.45) is 0 Å². The standard InChI is InChI=1S/C10H19NO2/c1-4-11-9(8(2)3)7-10-12-5-6-13-10/h9-11H,2,4-7H2,1,3H3. The third-order valence-corrected chi connectivity index (χ3v) is 2.16. The zero-order valence-corrected chi connectivity index (χ0v) is 8.51. The maximum Gasteiger partial charge on any atom is 0.159 e. The molecule has 0 aromatic heterocycles. The van der Waals surface area contributed by atoms with Crippen molar-refractivity contribution in [3.63, 3.8) is 0 Å². The molecule has 0 aromatic carbocycles. The first-order chi connectivity index (χ1) is 6.24. The Morgan fingerprint density at radius 3 is 2.62 bits per heavy atom. The largest absolute Gasteiger partial charge is 0.350 e. The lowest BCUT2D eigenvalue weighted by molar-refractivity contribution is -0.0504. The molecule has 13 heavy (non-hydrogen) atoms. The van der Waals surface area contributed by atoms with E-state index in [4.69, 9.17) is 9.47 Å². The normalized spacial score (nSPS) is 20.5. The second kappa shape index (κ2) is 5.37. The number of hydrogen-bond donors (Lipinski definition) is 1. The Hall–Kier alpha value is -0.380. The van der Waals surface area contributed by atoms with Crippen LogP contribution in [0.1, 0.15) is 20.3 Å². The first-order valence-electron chi connectivity index (χ1n) is 4.86. The van der Waals surface area contributed by atoms with E-state index in [1.807, 2.05) is 6.92 Å². The van der Waals surface area contributed by atoms with Crippen molar-refractivity contribution in [2.75, 3.05) is 19.8 Å². The molecule has 0 radical (unpaired) electrons. The molecule has 3 nitrogen and oxygen atoms in total. The summed E-state index contributed by atoms with van der Waals surface area (Å²) in [7, 11) is 0. The Bertz CT molecular complexity index is 164. The van der Waals surface area contributed by atoms with Gasteiger partial charge in [-0.1, -0.05) is 19.1 Å². The van der Waals surface area contributed by atoms with Crippen LogP contribution < -0.4 is 5.32 Å². The maximum absolute atomic E-state index is 5.38. The van der Waals surface area contributed by atoms with E-state index in [9.17, 15) is 0 Å². The average molecular weight is 185 g/mol. The van der Waals surface area contributed by atoms with Gasteiger partial charge in [-0.25, -0.2) is 0 Å². The van der Waals surface area contributed by atoms with Gasteiger partial charge in [0.05, 0.1) is 13.2 Å². The highest BCUT2D eigenvalue weighted by molar-refractivity contribution is 5.01. The van der Waals surface area contributed by atoms with Gasteiger partial charge in [-0.2, -0.15) is 0 Å². The first kappa shape index (κ1) is 10.7. The molecule has 1 heterocycles. The second-order valence-corrected chi connectivity index (χ2v) is 3.36. The molecule has 0 aromatic rings. The number of likely N-dealkylation sites (N-methyl/N-ethyl adjacent to an activating group) is 1. The molecular formula is C10H19NO2. The number of rotatable bonds is 5. The summed E-state index contributed by atoms with van der Waals surface area (Å²) in [5, 5.41) is 3.35. The van der Waals surface area contributed by atoms with Crippen LogP contribution in [-0.2, 0) is 9.47 Å². The van der Waals surface area contributed by atoms with Crippen LogP contribution in [0.5, 0.6) is 0 Å². The molecule has 1 rings (SSSR count). The van der Waals surface area contributed by atoms with Gasteiger partial charge in [0.15, 0.2) is 6.29 Å². The highest BCUT2D eigenvalue weighted by Gasteiger charge is 2.20. The third kappa shape index (κ3) is 3.46. The quantitative estimate of drug-likeness (QED) is 0.655. The Balaban J connectivity index is 2.32. The van der Waals surface area contributed by atoms with Crippen LogP contribution in [0.25, 0.3) is 0 Å². The molecule has 0 spiro atoms. The lowest BCUT2D eigenvalue weighted by Gasteiger charge is -2.20. The van der Waals surface area contributed by atoms with Crippen molar-refractivity contribution in [1.82, 2.24) is 5.32 Å². The Kier molecular flexibility index (Phi) is 4.42. The van der Waals surface area contributed by atoms with Gasteiger partial charge < -0.3 is 14.8 Å². The zero-order valence-electron chi connectivity index (χ0n) is 8.51. The molecule has 1 aliphatic rings. The predicted octanol–water partition coefficient (Wildman–Crippen LogP) is 1.30. The third-order valence-electron chi connectivity index (χ3n) is 2.16. The molecule has 1 N–H and O–H groups in total. The van der Waals surface area contributed by atoms with Gasteiger partial charge >= 0.3 is 0 Å². The van der Waals surface area contributed by atoms with Crippen molar-refractivity contribution in [1.29, 1.82) is 0 Å². The van der Waals surface area contributed by atoms with E-state index in [1.54, 1.807) is 0 Å². The summed E-state index contributed by atoms with van der Waals surface area (Å²) in [6, 6.07) is 0.313. The van der Waals surface area contributed by atoms with Crippen LogP contribution >= 0.6 is 0 Å². The first-order valence-corrected chi connectivity index (χ1v) is 4.86. The molecule has 76 valence electrons. The van der Waals surface area contributed by atoms with E-state index in [2.05, 4.69) is 18.8 Å². The lowest BCUT2D eigenvalue weighted by Crippen LogP contribution is -2.33. The Labute approximate surface area is 80.1 Å². The van der Waals surface area contributed by atoms with Crippen LogP contribution in [0.15, 0.2) is 12.2 Å². The van der Waals surface area contributed by atoms with E-state index in [-0.39, 0.29) is 6.29 Å². The van der Waals surface area contributed by atoms with Crippen LogP contribution in [0.3, 0.4) is 0 Å². The van der Waals surface area contributed by atoms with Crippen molar-refractivity contribution in [3.05, 3.63) is 12.2 Å². The van der Waals surface area contributed by atoms with Crippen molar-refractivity contribution >= 4 is 0 Å². The summed E-state index contributed by atoms with van der Waals surface area (Å²) >= 11 is 0. The molecule has 0 aliphatic carbocycles. The fourth-order valence-corrected chi connectivity index (χ4v) is 1.44. The molecule has 1 atom stereocenters. The van der Waals surface area contributed by atoms with Crippen molar-refractivity contribution in [2.45, 2.75) is 32.6 Å². The van der Waals surface area contributed by atoms with Gasteiger partial charge in [0.2, 0.25) is 0 Å². The summed E-state index contributed by atoms with van der Waals surface area (Å²) in [5.41, 5.74) is 1.14. The van der Waals surface area contributed by atoms with Gasteiger partial charge in [0.1, 0.15) is 0 Å². The summed E-state index contributed by atoms with van der Waals surface area (Å²) in [5.74, 6) is 0. The zero-order chi connectivity index (χ0) is 9.68. The van der Waals surface area contributed by atoms with E-state index in [0.717, 1.165) is 31.8 Å². The summed E-state index contributed by atoms with van der Waals surface area (Å²) < 4.78 is 10.8. The summed E-state index contributed by atoms with van der Waals surface area (Å²) in [4.78, 5) is 0. The van der Waals surface area contributed by atoms with E-state index >= 15 is 0 Å². The van der Waals surface area contributed by atoms with E-state index < -0.39 is 0 Å². The SMILES string of the molecule is C=C(C)C(CC1OCCO1)NCC. The maximum atomic E-state index is 5.38. The molecule has 1 unspecified atom stereocenters. The highest BCUT2D eigenvalue weighted by Crippen LogP contribution is 2.14. The van der Waals surface area contributed by atoms with Crippen LogP contribution in [-0.4, -0.2) is 32.1 Å². The monoisotopic (exact) mass is 185 g/mol. The molecule has 1 fully saturated rings. The fraction of sp³-hybridized carbons (Fsp3) is 0.800. The second-order valence-electron chi connectivity index (χ2n) is 3.36. The van der Waals surface area contributed by atoms with Crippen LogP contribution in [0, 0.1) is 0 Å². The van der Waals surface area contributed by atoms with Crippen molar-refractivity contribution < 1.29 is 9.47 Å². The van der Waals surface area contributed by atoms with Gasteiger partial charge in [-0.05, 0) is 13.5 Å². The number of ether oxygens (including phenoxy) is 2. The predicted molar refractivity (Wildman–Crippen MR) is 52.6 cm³/mol. The van der Waals surface area contributed by atoms with Gasteiger partial charge in [-0.15, -0.1) is 0 Å². The Morgan fingerprint density at radius 2 is 2.15 bits per heavy atom. The van der Waals surface area contributed by atoms with Gasteiger partial charge in [-0.3, -0.25) is 0 Å². The van der Waals surface area contributed by atoms with Gasteiger partial charge in [0.25, 0.3) is 0 Å². The lowest BCUT2D eigenvalue weighted by atomic mass is 10.1. The number of nitrogens with one attached hydrogen (secondary N) is 1. The molecule has 3 heteroatoms. The van der Waals surface area contributed by atoms with E-state index in [1.165, 1.54) is 0 Å². The fourth-order valence-electron chi connectivity index (χ4n) is 1.44. The minimum atomic E-state index is -0.0410. The van der Waals surface area contributed by atoms with E-state index in [0.29, 0.717) is 6.04 Å². The minimum absolute atomic E-state index is 0.0410. The minimum Gasteiger partial charge on any atom is -0.350 e. The topological polar surface area (TPSA) is 30.5 Å². The van der Waals surface area contributed by atoms with Crippen LogP contribution in [0.4, 0.5) is 0 Å². The average Bonchev–Trinajstić information content (AvgIpc) is 2.56. The van der Waals surface area contributed by atoms with Crippen molar-refractivity contribution in [3.8, 4) is 0 Å².